The average Bonchev–Trinajstić information content (AvgIpc) is 3.00. The normalized spacial score (nSPS) is 11.2. The Labute approximate surface area is 227 Å². The summed E-state index contributed by atoms with van der Waals surface area (Å²) < 4.78 is 11.7. The molecule has 0 radical (unpaired) electrons. The molecule has 38 heavy (non-hydrogen) atoms. The first-order valence-electron chi connectivity index (χ1n) is 13.3. The predicted molar refractivity (Wildman–Crippen MR) is 162 cm³/mol. The summed E-state index contributed by atoms with van der Waals surface area (Å²) in [7, 11) is -1.83. The summed E-state index contributed by atoms with van der Waals surface area (Å²) in [6.45, 7) is 1.28. The maximum Gasteiger partial charge on any atom is 0.119 e. The van der Waals surface area contributed by atoms with Gasteiger partial charge in [0, 0.05) is 12.8 Å². The van der Waals surface area contributed by atoms with Crippen LogP contribution < -0.4 is 25.4 Å². The molecule has 0 aliphatic heterocycles. The Morgan fingerprint density at radius 2 is 0.816 bits per heavy atom. The minimum atomic E-state index is -1.83. The van der Waals surface area contributed by atoms with Crippen molar-refractivity contribution in [2.75, 3.05) is 19.4 Å². The van der Waals surface area contributed by atoms with E-state index in [0.717, 1.165) is 30.5 Å². The van der Waals surface area contributed by atoms with Crippen LogP contribution in [0.15, 0.2) is 146 Å². The van der Waals surface area contributed by atoms with Crippen LogP contribution >= 0.6 is 7.26 Å². The lowest BCUT2D eigenvalue weighted by Crippen LogP contribution is -2.34. The van der Waals surface area contributed by atoms with Gasteiger partial charge in [-0.25, -0.2) is 0 Å². The molecule has 5 aromatic rings. The fourth-order valence-corrected chi connectivity index (χ4v) is 9.19. The third kappa shape index (κ3) is 6.33. The number of ether oxygens (including phenoxy) is 2. The molecule has 5 rings (SSSR count). The summed E-state index contributed by atoms with van der Waals surface area (Å²) >= 11 is 0. The quantitative estimate of drug-likeness (QED) is 0.130. The zero-order valence-corrected chi connectivity index (χ0v) is 22.6. The van der Waals surface area contributed by atoms with Crippen LogP contribution in [0.3, 0.4) is 0 Å². The zero-order chi connectivity index (χ0) is 25.9. The molecule has 0 heterocycles. The average molecular weight is 518 g/mol. The fourth-order valence-electron chi connectivity index (χ4n) is 4.89. The van der Waals surface area contributed by atoms with E-state index in [1.165, 1.54) is 21.5 Å². The van der Waals surface area contributed by atoms with Gasteiger partial charge in [0.1, 0.15) is 34.7 Å². The van der Waals surface area contributed by atoms with Gasteiger partial charge in [-0.2, -0.15) is 0 Å². The van der Waals surface area contributed by atoms with E-state index in [1.807, 2.05) is 30.3 Å². The van der Waals surface area contributed by atoms with Crippen LogP contribution in [0.2, 0.25) is 0 Å². The third-order valence-electron chi connectivity index (χ3n) is 6.82. The van der Waals surface area contributed by atoms with E-state index in [2.05, 4.69) is 115 Å². The Hall–Kier alpha value is -3.87. The van der Waals surface area contributed by atoms with E-state index < -0.39 is 7.26 Å². The van der Waals surface area contributed by atoms with Gasteiger partial charge < -0.3 is 9.47 Å². The van der Waals surface area contributed by atoms with Crippen molar-refractivity contribution in [1.82, 2.24) is 0 Å². The lowest BCUT2D eigenvalue weighted by molar-refractivity contribution is 0.247. The van der Waals surface area contributed by atoms with Crippen LogP contribution in [0, 0.1) is 0 Å². The Balaban J connectivity index is 1.28. The summed E-state index contributed by atoms with van der Waals surface area (Å²) in [6, 6.07) is 51.8. The SMILES string of the molecule is c1ccc(OCCCOc2ccc(CC[P+](c3ccccc3)(c3ccccc3)c3ccccc3)cc2)cc1. The summed E-state index contributed by atoms with van der Waals surface area (Å²) in [6.07, 6.45) is 2.91. The van der Waals surface area contributed by atoms with Gasteiger partial charge in [-0.3, -0.25) is 0 Å². The molecule has 0 aliphatic carbocycles. The molecule has 0 aliphatic rings. The highest BCUT2D eigenvalue weighted by atomic mass is 31.2. The lowest BCUT2D eigenvalue weighted by atomic mass is 10.2. The van der Waals surface area contributed by atoms with Crippen LogP contribution in [0.1, 0.15) is 12.0 Å². The monoisotopic (exact) mass is 517 g/mol. The highest BCUT2D eigenvalue weighted by Crippen LogP contribution is 2.55. The molecule has 0 aromatic heterocycles. The van der Waals surface area contributed by atoms with Crippen LogP contribution in [-0.4, -0.2) is 19.4 Å². The number of rotatable bonds is 12. The van der Waals surface area contributed by atoms with E-state index in [9.17, 15) is 0 Å². The van der Waals surface area contributed by atoms with E-state index in [1.54, 1.807) is 0 Å². The Morgan fingerprint density at radius 3 is 1.26 bits per heavy atom. The minimum absolute atomic E-state index is 0.636. The number of aryl methyl sites for hydroxylation is 1. The van der Waals surface area contributed by atoms with Gasteiger partial charge in [0.25, 0.3) is 0 Å². The van der Waals surface area contributed by atoms with Crippen molar-refractivity contribution in [1.29, 1.82) is 0 Å². The zero-order valence-electron chi connectivity index (χ0n) is 21.7. The first kappa shape index (κ1) is 25.8. The topological polar surface area (TPSA) is 18.5 Å². The highest BCUT2D eigenvalue weighted by Gasteiger charge is 2.44. The van der Waals surface area contributed by atoms with Crippen molar-refractivity contribution < 1.29 is 9.47 Å². The number of hydrogen-bond donors (Lipinski definition) is 0. The molecule has 0 bridgehead atoms. The van der Waals surface area contributed by atoms with Gasteiger partial charge in [0.15, 0.2) is 0 Å². The van der Waals surface area contributed by atoms with E-state index in [4.69, 9.17) is 9.47 Å². The van der Waals surface area contributed by atoms with Crippen molar-refractivity contribution in [2.24, 2.45) is 0 Å². The van der Waals surface area contributed by atoms with Crippen molar-refractivity contribution in [3.63, 3.8) is 0 Å². The molecule has 190 valence electrons. The van der Waals surface area contributed by atoms with Crippen LogP contribution in [-0.2, 0) is 6.42 Å². The molecular weight excluding hydrogens is 483 g/mol. The van der Waals surface area contributed by atoms with Gasteiger partial charge >= 0.3 is 0 Å². The minimum Gasteiger partial charge on any atom is -0.493 e. The molecule has 0 unspecified atom stereocenters. The first-order chi connectivity index (χ1) is 18.8. The largest absolute Gasteiger partial charge is 0.493 e. The molecule has 0 spiro atoms. The maximum absolute atomic E-state index is 5.98. The van der Waals surface area contributed by atoms with Crippen LogP contribution in [0.5, 0.6) is 11.5 Å². The Morgan fingerprint density at radius 1 is 0.421 bits per heavy atom. The second-order valence-electron chi connectivity index (χ2n) is 9.30. The summed E-state index contributed by atoms with van der Waals surface area (Å²) in [4.78, 5) is 0. The molecule has 0 amide bonds. The molecule has 3 heteroatoms. The van der Waals surface area contributed by atoms with Crippen molar-refractivity contribution in [3.8, 4) is 11.5 Å². The van der Waals surface area contributed by atoms with Gasteiger partial charge in [-0.05, 0) is 66.2 Å². The molecule has 0 fully saturated rings. The summed E-state index contributed by atoms with van der Waals surface area (Å²) in [5.74, 6) is 1.81. The van der Waals surface area contributed by atoms with Crippen molar-refractivity contribution >= 4 is 23.2 Å². The number of hydrogen-bond acceptors (Lipinski definition) is 2. The standard InChI is InChI=1S/C35H34O2P/c1-5-14-31(15-6-1)36-27-13-28-37-32-24-22-30(23-25-32)26-29-38(33-16-7-2-8-17-33,34-18-9-3-10-19-34)35-20-11-4-12-21-35/h1-12,14-25H,13,26-29H2/q+1. The number of para-hydroxylation sites is 1. The molecule has 5 aromatic carbocycles. The van der Waals surface area contributed by atoms with Crippen LogP contribution in [0.25, 0.3) is 0 Å². The summed E-state index contributed by atoms with van der Waals surface area (Å²) in [5.41, 5.74) is 1.33. The fraction of sp³-hybridized carbons (Fsp3) is 0.143. The molecular formula is C35H34O2P+. The van der Waals surface area contributed by atoms with Crippen LogP contribution in [0.4, 0.5) is 0 Å². The predicted octanol–water partition coefficient (Wildman–Crippen LogP) is 7.07. The van der Waals surface area contributed by atoms with Gasteiger partial charge in [0.2, 0.25) is 0 Å². The Kier molecular flexibility index (Phi) is 8.87. The molecule has 0 saturated heterocycles. The van der Waals surface area contributed by atoms with E-state index in [0.29, 0.717) is 13.2 Å². The Bertz CT molecular complexity index is 1260. The molecule has 0 atom stereocenters. The maximum atomic E-state index is 5.98. The van der Waals surface area contributed by atoms with E-state index >= 15 is 0 Å². The molecule has 0 N–H and O–H groups in total. The highest BCUT2D eigenvalue weighted by molar-refractivity contribution is 7.95. The lowest BCUT2D eigenvalue weighted by Gasteiger charge is -2.27. The van der Waals surface area contributed by atoms with E-state index in [-0.39, 0.29) is 0 Å². The van der Waals surface area contributed by atoms with Gasteiger partial charge in [0.05, 0.1) is 19.4 Å². The van der Waals surface area contributed by atoms with Gasteiger partial charge in [-0.15, -0.1) is 0 Å². The number of benzene rings is 5. The first-order valence-corrected chi connectivity index (χ1v) is 15.3. The smallest absolute Gasteiger partial charge is 0.119 e. The van der Waals surface area contributed by atoms with Crippen molar-refractivity contribution in [2.45, 2.75) is 12.8 Å². The molecule has 0 saturated carbocycles. The second-order valence-corrected chi connectivity index (χ2v) is 12.9. The third-order valence-corrected chi connectivity index (χ3v) is 11.3. The molecule has 2 nitrogen and oxygen atoms in total. The van der Waals surface area contributed by atoms with Gasteiger partial charge in [-0.1, -0.05) is 84.9 Å². The second kappa shape index (κ2) is 13.1. The van der Waals surface area contributed by atoms with Crippen molar-refractivity contribution in [3.05, 3.63) is 151 Å². The summed E-state index contributed by atoms with van der Waals surface area (Å²) in [5, 5.41) is 4.28.